The van der Waals surface area contributed by atoms with Crippen molar-refractivity contribution in [3.63, 3.8) is 0 Å². The van der Waals surface area contributed by atoms with Crippen LogP contribution in [-0.2, 0) is 17.1 Å². The van der Waals surface area contributed by atoms with E-state index in [-0.39, 0.29) is 37.4 Å². The number of rotatable bonds is 0. The van der Waals surface area contributed by atoms with Gasteiger partial charge in [-0.05, 0) is 0 Å². The van der Waals surface area contributed by atoms with E-state index in [1.54, 1.807) is 11.3 Å². The minimum atomic E-state index is 0. The molecule has 1 nitrogen and oxygen atoms in total. The standard InChI is InChI=1S/C4H3S.CHN.Cu.Li.H/c1-2-4-5-3-1;1-2;;;/h1-3H;1H;;;/q-1;;2*+1;-1. The summed E-state index contributed by atoms with van der Waals surface area (Å²) in [5, 5.41) is 11.4. The van der Waals surface area contributed by atoms with Crippen LogP contribution in [0, 0.1) is 17.2 Å². The second kappa shape index (κ2) is 15.7. The largest absolute Gasteiger partial charge is 1.00 e. The first-order valence-electron chi connectivity index (χ1n) is 1.65. The monoisotopic (exact) mass is 181 g/mol. The van der Waals surface area contributed by atoms with Gasteiger partial charge in [-0.25, -0.2) is 11.3 Å². The van der Waals surface area contributed by atoms with Gasteiger partial charge in [-0.2, -0.15) is 11.4 Å². The van der Waals surface area contributed by atoms with E-state index in [1.165, 1.54) is 0 Å². The molecule has 0 bridgehead atoms. The Balaban J connectivity index is -0.0000000337. The molecule has 1 rings (SSSR count). The summed E-state index contributed by atoms with van der Waals surface area (Å²) in [5.74, 6) is 0. The molecule has 0 saturated carbocycles. The SMILES string of the molecule is C#N.[Cu+].[H-].[Li+].[c-]1cccs1. The Bertz CT molecular complexity index is 105. The Morgan fingerprint density at radius 1 is 1.56 bits per heavy atom. The molecule has 48 valence electrons. The number of thiophene rings is 1. The molecule has 0 aromatic carbocycles. The van der Waals surface area contributed by atoms with E-state index in [9.17, 15) is 0 Å². The van der Waals surface area contributed by atoms with E-state index >= 15 is 0 Å². The minimum Gasteiger partial charge on any atom is -1.00 e. The number of nitrogens with zero attached hydrogens (tertiary/aromatic N) is 1. The number of nitriles is 1. The van der Waals surface area contributed by atoms with Gasteiger partial charge >= 0.3 is 35.9 Å². The summed E-state index contributed by atoms with van der Waals surface area (Å²) >= 11 is 1.59. The molecule has 0 atom stereocenters. The Hall–Kier alpha value is 0.307. The number of hydrogen-bond donors (Lipinski definition) is 0. The fourth-order valence-corrected chi connectivity index (χ4v) is 0.589. The average Bonchev–Trinajstić information content (AvgIpc) is 2.23. The third kappa shape index (κ3) is 11.7. The average molecular weight is 182 g/mol. The van der Waals surface area contributed by atoms with Crippen LogP contribution in [-0.4, -0.2) is 0 Å². The second-order valence-electron chi connectivity index (χ2n) is 0.731. The molecule has 1 heterocycles. The van der Waals surface area contributed by atoms with Crippen molar-refractivity contribution in [1.82, 2.24) is 0 Å². The van der Waals surface area contributed by atoms with Crippen molar-refractivity contribution in [3.05, 3.63) is 22.9 Å². The van der Waals surface area contributed by atoms with E-state index in [0.29, 0.717) is 0 Å². The van der Waals surface area contributed by atoms with Crippen LogP contribution in [0.25, 0.3) is 0 Å². The van der Waals surface area contributed by atoms with Crippen molar-refractivity contribution in [1.29, 1.82) is 5.26 Å². The smallest absolute Gasteiger partial charge is 1.00 e. The maximum atomic E-state index is 6.50. The Morgan fingerprint density at radius 3 is 2.22 bits per heavy atom. The van der Waals surface area contributed by atoms with Crippen molar-refractivity contribution in [3.8, 4) is 6.57 Å². The van der Waals surface area contributed by atoms with Gasteiger partial charge in [-0.15, -0.1) is 5.38 Å². The molecule has 0 spiro atoms. The molecule has 0 aliphatic heterocycles. The molecular formula is C5H5CuLiNS. The summed E-state index contributed by atoms with van der Waals surface area (Å²) in [7, 11) is 0. The van der Waals surface area contributed by atoms with Crippen LogP contribution in [0.1, 0.15) is 1.43 Å². The first kappa shape index (κ1) is 16.1. The van der Waals surface area contributed by atoms with E-state index in [4.69, 9.17) is 5.26 Å². The summed E-state index contributed by atoms with van der Waals surface area (Å²) < 4.78 is 0. The van der Waals surface area contributed by atoms with Crippen LogP contribution in [0.2, 0.25) is 0 Å². The number of hydrogen-bond acceptors (Lipinski definition) is 2. The summed E-state index contributed by atoms with van der Waals surface area (Å²) in [5.41, 5.74) is 0. The van der Waals surface area contributed by atoms with Gasteiger partial charge in [0.05, 0.1) is 0 Å². The van der Waals surface area contributed by atoms with Crippen molar-refractivity contribution in [2.75, 3.05) is 0 Å². The molecule has 1 aromatic rings. The summed E-state index contributed by atoms with van der Waals surface area (Å²) in [6, 6.07) is 3.86. The third-order valence-corrected chi connectivity index (χ3v) is 0.944. The van der Waals surface area contributed by atoms with Gasteiger partial charge in [0.1, 0.15) is 0 Å². The van der Waals surface area contributed by atoms with Crippen LogP contribution in [0.3, 0.4) is 0 Å². The van der Waals surface area contributed by atoms with Crippen molar-refractivity contribution in [2.24, 2.45) is 0 Å². The van der Waals surface area contributed by atoms with E-state index in [1.807, 2.05) is 17.5 Å². The molecule has 0 unspecified atom stereocenters. The molecule has 0 fully saturated rings. The van der Waals surface area contributed by atoms with E-state index in [2.05, 4.69) is 12.0 Å². The van der Waals surface area contributed by atoms with Crippen LogP contribution < -0.4 is 18.9 Å². The zero-order valence-electron chi connectivity index (χ0n) is 5.97. The van der Waals surface area contributed by atoms with Crippen LogP contribution in [0.4, 0.5) is 0 Å². The predicted octanol–water partition coefficient (Wildman–Crippen LogP) is -1.20. The van der Waals surface area contributed by atoms with Crippen molar-refractivity contribution in [2.45, 2.75) is 0 Å². The predicted molar refractivity (Wildman–Crippen MR) is 30.9 cm³/mol. The molecular weight excluding hydrogens is 177 g/mol. The molecule has 9 heavy (non-hydrogen) atoms. The van der Waals surface area contributed by atoms with Crippen molar-refractivity contribution >= 4 is 11.3 Å². The first-order chi connectivity index (χ1) is 3.50. The van der Waals surface area contributed by atoms with Crippen molar-refractivity contribution < 1.29 is 37.4 Å². The van der Waals surface area contributed by atoms with Gasteiger partial charge in [-0.3, -0.25) is 0 Å². The van der Waals surface area contributed by atoms with E-state index < -0.39 is 0 Å². The zero-order valence-corrected chi connectivity index (χ0v) is 6.72. The van der Waals surface area contributed by atoms with Gasteiger partial charge in [-0.1, -0.05) is 0 Å². The Kier molecular flexibility index (Phi) is 28.3. The zero-order chi connectivity index (χ0) is 5.54. The molecule has 0 saturated heterocycles. The fraction of sp³-hybridized carbons (Fsp3) is 0. The second-order valence-corrected chi connectivity index (χ2v) is 1.47. The molecule has 1 aromatic heterocycles. The summed E-state index contributed by atoms with van der Waals surface area (Å²) in [6.07, 6.45) is 0. The van der Waals surface area contributed by atoms with Gasteiger partial charge in [0.15, 0.2) is 0 Å². The van der Waals surface area contributed by atoms with Gasteiger partial charge in [0, 0.05) is 6.57 Å². The minimum absolute atomic E-state index is 0. The maximum absolute atomic E-state index is 6.50. The Morgan fingerprint density at radius 2 is 2.11 bits per heavy atom. The van der Waals surface area contributed by atoms with Gasteiger partial charge in [0.2, 0.25) is 0 Å². The molecule has 0 aliphatic rings. The summed E-state index contributed by atoms with van der Waals surface area (Å²) in [6.45, 7) is 3.50. The topological polar surface area (TPSA) is 23.8 Å². The summed E-state index contributed by atoms with van der Waals surface area (Å²) in [4.78, 5) is 0. The Labute approximate surface area is 83.2 Å². The fourth-order valence-electron chi connectivity index (χ4n) is 0.196. The maximum Gasteiger partial charge on any atom is 1.00 e. The van der Waals surface area contributed by atoms with Gasteiger partial charge < -0.3 is 12.8 Å². The molecule has 0 aliphatic carbocycles. The van der Waals surface area contributed by atoms with Crippen LogP contribution in [0.5, 0.6) is 0 Å². The molecule has 0 N–H and O–H groups in total. The molecule has 0 amide bonds. The molecule has 0 radical (unpaired) electrons. The van der Waals surface area contributed by atoms with E-state index in [0.717, 1.165) is 0 Å². The first-order valence-corrected chi connectivity index (χ1v) is 2.53. The molecule has 4 heteroatoms. The van der Waals surface area contributed by atoms with Gasteiger partial charge in [0.25, 0.3) is 0 Å². The van der Waals surface area contributed by atoms with Crippen LogP contribution in [0.15, 0.2) is 17.5 Å². The quantitative estimate of drug-likeness (QED) is 0.365. The third-order valence-electron chi connectivity index (χ3n) is 0.379. The normalized spacial score (nSPS) is 4.67. The van der Waals surface area contributed by atoms with Crippen LogP contribution >= 0.6 is 11.3 Å².